The Morgan fingerprint density at radius 3 is 2.80 bits per heavy atom. The first-order chi connectivity index (χ1) is 7.17. The third-order valence-electron chi connectivity index (χ3n) is 1.77. The molecule has 5 heteroatoms. The van der Waals surface area contributed by atoms with Crippen LogP contribution in [0.4, 0.5) is 0 Å². The van der Waals surface area contributed by atoms with Crippen LogP contribution in [0.1, 0.15) is 29.4 Å². The molecule has 0 saturated carbocycles. The normalized spacial score (nSPS) is 11.3. The lowest BCUT2D eigenvalue weighted by atomic mass is 10.4. The van der Waals surface area contributed by atoms with Crippen molar-refractivity contribution in [2.45, 2.75) is 36.8 Å². The standard InChI is InChI=1S/C10H16BrNOS2/c1-7(2)14-6-10-12-8(5-13-3)9(4-11)15-10/h7H,4-6H2,1-3H3. The summed E-state index contributed by atoms with van der Waals surface area (Å²) < 4.78 is 5.13. The van der Waals surface area contributed by atoms with Gasteiger partial charge < -0.3 is 4.74 Å². The molecule has 0 aliphatic rings. The highest BCUT2D eigenvalue weighted by molar-refractivity contribution is 9.08. The Morgan fingerprint density at radius 2 is 2.27 bits per heavy atom. The molecule has 15 heavy (non-hydrogen) atoms. The Bertz CT molecular complexity index is 302. The van der Waals surface area contributed by atoms with Crippen LogP contribution >= 0.6 is 39.0 Å². The first-order valence-corrected chi connectivity index (χ1v) is 7.80. The van der Waals surface area contributed by atoms with E-state index in [1.807, 2.05) is 11.8 Å². The van der Waals surface area contributed by atoms with Gasteiger partial charge in [-0.1, -0.05) is 29.8 Å². The van der Waals surface area contributed by atoms with E-state index >= 15 is 0 Å². The number of aromatic nitrogens is 1. The van der Waals surface area contributed by atoms with Gasteiger partial charge in [0.25, 0.3) is 0 Å². The summed E-state index contributed by atoms with van der Waals surface area (Å²) >= 11 is 7.19. The first-order valence-electron chi connectivity index (χ1n) is 4.81. The predicted molar refractivity (Wildman–Crippen MR) is 71.9 cm³/mol. The number of methoxy groups -OCH3 is 1. The number of alkyl halides is 1. The minimum Gasteiger partial charge on any atom is -0.378 e. The Kier molecular flexibility index (Phi) is 6.19. The van der Waals surface area contributed by atoms with Crippen molar-refractivity contribution in [1.29, 1.82) is 0 Å². The van der Waals surface area contributed by atoms with E-state index in [9.17, 15) is 0 Å². The molecule has 0 fully saturated rings. The number of halogens is 1. The molecule has 0 amide bonds. The quantitative estimate of drug-likeness (QED) is 0.746. The minimum atomic E-state index is 0.615. The molecule has 1 rings (SSSR count). The fourth-order valence-electron chi connectivity index (χ4n) is 1.09. The number of ether oxygens (including phenoxy) is 1. The lowest BCUT2D eigenvalue weighted by Gasteiger charge is -2.00. The molecule has 0 saturated heterocycles. The van der Waals surface area contributed by atoms with Crippen LogP contribution in [-0.4, -0.2) is 17.3 Å². The summed E-state index contributed by atoms with van der Waals surface area (Å²) in [4.78, 5) is 5.87. The van der Waals surface area contributed by atoms with E-state index in [1.165, 1.54) is 9.88 Å². The van der Waals surface area contributed by atoms with E-state index < -0.39 is 0 Å². The van der Waals surface area contributed by atoms with E-state index in [-0.39, 0.29) is 0 Å². The summed E-state index contributed by atoms with van der Waals surface area (Å²) in [6.45, 7) is 5.03. The molecule has 1 heterocycles. The van der Waals surface area contributed by atoms with E-state index in [0.717, 1.165) is 16.8 Å². The summed E-state index contributed by atoms with van der Waals surface area (Å²) in [6, 6.07) is 0. The van der Waals surface area contributed by atoms with Crippen LogP contribution in [-0.2, 0) is 22.4 Å². The fourth-order valence-corrected chi connectivity index (χ4v) is 3.45. The van der Waals surface area contributed by atoms with Gasteiger partial charge in [0.15, 0.2) is 0 Å². The van der Waals surface area contributed by atoms with Gasteiger partial charge in [-0.15, -0.1) is 11.3 Å². The van der Waals surface area contributed by atoms with Crippen molar-refractivity contribution < 1.29 is 4.74 Å². The Hall–Kier alpha value is 0.420. The summed E-state index contributed by atoms with van der Waals surface area (Å²) in [5.74, 6) is 1.01. The second-order valence-corrected chi connectivity index (χ2v) is 6.70. The lowest BCUT2D eigenvalue weighted by Crippen LogP contribution is -1.92. The van der Waals surface area contributed by atoms with E-state index in [2.05, 4.69) is 34.8 Å². The fraction of sp³-hybridized carbons (Fsp3) is 0.700. The van der Waals surface area contributed by atoms with Gasteiger partial charge in [0.05, 0.1) is 12.3 Å². The number of rotatable bonds is 6. The molecule has 0 unspecified atom stereocenters. The number of nitrogens with zero attached hydrogens (tertiary/aromatic N) is 1. The average molecular weight is 310 g/mol. The molecule has 0 bridgehead atoms. The van der Waals surface area contributed by atoms with Crippen molar-refractivity contribution >= 4 is 39.0 Å². The second-order valence-electron chi connectivity index (χ2n) is 3.40. The number of thioether (sulfide) groups is 1. The Labute approximate surface area is 108 Å². The van der Waals surface area contributed by atoms with Gasteiger partial charge >= 0.3 is 0 Å². The van der Waals surface area contributed by atoms with Crippen LogP contribution in [0.3, 0.4) is 0 Å². The SMILES string of the molecule is COCc1nc(CSC(C)C)sc1CBr. The molecule has 0 spiro atoms. The van der Waals surface area contributed by atoms with Crippen molar-refractivity contribution in [3.8, 4) is 0 Å². The van der Waals surface area contributed by atoms with Crippen LogP contribution in [0.25, 0.3) is 0 Å². The number of hydrogen-bond donors (Lipinski definition) is 0. The molecule has 86 valence electrons. The zero-order chi connectivity index (χ0) is 11.3. The monoisotopic (exact) mass is 309 g/mol. The Balaban J connectivity index is 2.65. The zero-order valence-corrected chi connectivity index (χ0v) is 12.5. The largest absolute Gasteiger partial charge is 0.378 e. The highest BCUT2D eigenvalue weighted by atomic mass is 79.9. The average Bonchev–Trinajstić information content (AvgIpc) is 2.58. The van der Waals surface area contributed by atoms with Crippen LogP contribution in [0.2, 0.25) is 0 Å². The molecule has 0 atom stereocenters. The highest BCUT2D eigenvalue weighted by Gasteiger charge is 2.10. The lowest BCUT2D eigenvalue weighted by molar-refractivity contribution is 0.181. The van der Waals surface area contributed by atoms with Crippen molar-refractivity contribution in [2.75, 3.05) is 7.11 Å². The second kappa shape index (κ2) is 6.89. The van der Waals surface area contributed by atoms with Crippen molar-refractivity contribution in [3.05, 3.63) is 15.6 Å². The molecule has 0 aromatic carbocycles. The van der Waals surface area contributed by atoms with Crippen LogP contribution < -0.4 is 0 Å². The molecule has 0 aliphatic heterocycles. The summed E-state index contributed by atoms with van der Waals surface area (Å²) in [5.41, 5.74) is 1.08. The maximum Gasteiger partial charge on any atom is 0.103 e. The van der Waals surface area contributed by atoms with Crippen molar-refractivity contribution in [2.24, 2.45) is 0 Å². The van der Waals surface area contributed by atoms with Gasteiger partial charge in [0, 0.05) is 23.1 Å². The Morgan fingerprint density at radius 1 is 1.53 bits per heavy atom. The summed E-state index contributed by atoms with van der Waals surface area (Å²) in [5, 5.41) is 2.73. The van der Waals surface area contributed by atoms with Crippen molar-refractivity contribution in [1.82, 2.24) is 4.98 Å². The molecule has 0 N–H and O–H groups in total. The predicted octanol–water partition coefficient (Wildman–Crippen LogP) is 3.83. The molecular weight excluding hydrogens is 294 g/mol. The molecule has 0 radical (unpaired) electrons. The zero-order valence-electron chi connectivity index (χ0n) is 9.25. The van der Waals surface area contributed by atoms with E-state index in [1.54, 1.807) is 18.4 Å². The third-order valence-corrected chi connectivity index (χ3v) is 5.08. The van der Waals surface area contributed by atoms with E-state index in [4.69, 9.17) is 4.74 Å². The van der Waals surface area contributed by atoms with Crippen LogP contribution in [0, 0.1) is 0 Å². The third kappa shape index (κ3) is 4.43. The molecular formula is C10H16BrNOS2. The first kappa shape index (κ1) is 13.5. The summed E-state index contributed by atoms with van der Waals surface area (Å²) in [6.07, 6.45) is 0. The van der Waals surface area contributed by atoms with Crippen molar-refractivity contribution in [3.63, 3.8) is 0 Å². The van der Waals surface area contributed by atoms with Crippen LogP contribution in [0.5, 0.6) is 0 Å². The summed E-state index contributed by atoms with van der Waals surface area (Å²) in [7, 11) is 1.71. The van der Waals surface area contributed by atoms with Gasteiger partial charge in [0.1, 0.15) is 5.01 Å². The highest BCUT2D eigenvalue weighted by Crippen LogP contribution is 2.26. The maximum atomic E-state index is 5.13. The smallest absolute Gasteiger partial charge is 0.103 e. The number of thiazole rings is 1. The van der Waals surface area contributed by atoms with Gasteiger partial charge in [-0.05, 0) is 5.25 Å². The minimum absolute atomic E-state index is 0.615. The van der Waals surface area contributed by atoms with Gasteiger partial charge in [-0.3, -0.25) is 0 Å². The van der Waals surface area contributed by atoms with Gasteiger partial charge in [-0.2, -0.15) is 11.8 Å². The molecule has 1 aromatic heterocycles. The maximum absolute atomic E-state index is 5.13. The topological polar surface area (TPSA) is 22.1 Å². The number of hydrogen-bond acceptors (Lipinski definition) is 4. The van der Waals surface area contributed by atoms with Crippen LogP contribution in [0.15, 0.2) is 0 Å². The van der Waals surface area contributed by atoms with Gasteiger partial charge in [-0.25, -0.2) is 4.98 Å². The molecule has 0 aliphatic carbocycles. The molecule has 2 nitrogen and oxygen atoms in total. The molecule has 1 aromatic rings. The van der Waals surface area contributed by atoms with E-state index in [0.29, 0.717) is 11.9 Å². The van der Waals surface area contributed by atoms with Gasteiger partial charge in [0.2, 0.25) is 0 Å².